The molecule has 0 fully saturated rings. The highest BCUT2D eigenvalue weighted by Gasteiger charge is 2.20. The van der Waals surface area contributed by atoms with Crippen LogP contribution >= 0.6 is 0 Å². The van der Waals surface area contributed by atoms with E-state index in [2.05, 4.69) is 125 Å². The number of hydrogen-bond acceptors (Lipinski definition) is 0. The Morgan fingerprint density at radius 3 is 2.26 bits per heavy atom. The highest BCUT2D eigenvalue weighted by atomic mass is 15.1. The van der Waals surface area contributed by atoms with Crippen LogP contribution in [-0.2, 0) is 6.54 Å². The third kappa shape index (κ3) is 3.00. The summed E-state index contributed by atoms with van der Waals surface area (Å²) in [5, 5.41) is 5.11. The third-order valence-electron chi connectivity index (χ3n) is 6.18. The van der Waals surface area contributed by atoms with E-state index >= 15 is 0 Å². The van der Waals surface area contributed by atoms with Crippen LogP contribution in [0.15, 0.2) is 110 Å². The zero-order chi connectivity index (χ0) is 20.8. The number of imidazole rings is 1. The topological polar surface area (TPSA) is 8.29 Å². The second kappa shape index (κ2) is 7.10. The van der Waals surface area contributed by atoms with Crippen LogP contribution in [0.5, 0.6) is 0 Å². The summed E-state index contributed by atoms with van der Waals surface area (Å²) in [5.74, 6) is 0. The molecule has 0 radical (unpaired) electrons. The Balaban J connectivity index is 1.69. The van der Waals surface area contributed by atoms with Crippen molar-refractivity contribution in [2.75, 3.05) is 0 Å². The lowest BCUT2D eigenvalue weighted by Gasteiger charge is -2.12. The first-order valence-corrected chi connectivity index (χ1v) is 10.7. The van der Waals surface area contributed by atoms with Crippen molar-refractivity contribution in [3.05, 3.63) is 121 Å². The Labute approximate surface area is 181 Å². The van der Waals surface area contributed by atoms with Gasteiger partial charge in [0, 0.05) is 10.9 Å². The minimum atomic E-state index is 0.854. The molecule has 0 saturated carbocycles. The maximum Gasteiger partial charge on any atom is 0.249 e. The molecule has 0 unspecified atom stereocenters. The van der Waals surface area contributed by atoms with Crippen LogP contribution < -0.4 is 4.57 Å². The average Bonchev–Trinajstić information content (AvgIpc) is 3.20. The summed E-state index contributed by atoms with van der Waals surface area (Å²) in [6.45, 7) is 3.07. The van der Waals surface area contributed by atoms with E-state index in [9.17, 15) is 0 Å². The van der Waals surface area contributed by atoms with Gasteiger partial charge < -0.3 is 0 Å². The first kappa shape index (κ1) is 17.9. The molecule has 0 N–H and O–H groups in total. The molecule has 0 atom stereocenters. The second-order valence-electron chi connectivity index (χ2n) is 8.26. The lowest BCUT2D eigenvalue weighted by Crippen LogP contribution is -2.31. The second-order valence-corrected chi connectivity index (χ2v) is 8.26. The standard InChI is InChI=1S/C29H23N2/c1-21-15-16-23-11-5-7-13-26(23)28(21)29-27-14-8-6-12-24(27)17-25-19-30(20-31(25)29)18-22-9-3-2-4-10-22/h2-17,19-20H,18H2,1H3/q+1. The predicted molar refractivity (Wildman–Crippen MR) is 128 cm³/mol. The van der Waals surface area contributed by atoms with Crippen LogP contribution in [0.1, 0.15) is 11.1 Å². The SMILES string of the molecule is Cc1ccc2ccccc2c1-c1c2ccccc2cc2c[n+](Cc3ccccc3)cn12. The van der Waals surface area contributed by atoms with Crippen molar-refractivity contribution < 1.29 is 4.57 Å². The molecule has 0 aliphatic carbocycles. The summed E-state index contributed by atoms with van der Waals surface area (Å²) in [7, 11) is 0. The summed E-state index contributed by atoms with van der Waals surface area (Å²) < 4.78 is 4.65. The van der Waals surface area contributed by atoms with Gasteiger partial charge in [0.1, 0.15) is 18.4 Å². The number of hydrogen-bond donors (Lipinski definition) is 0. The molecule has 148 valence electrons. The quantitative estimate of drug-likeness (QED) is 0.298. The van der Waals surface area contributed by atoms with Gasteiger partial charge in [-0.05, 0) is 40.3 Å². The normalized spacial score (nSPS) is 11.5. The summed E-state index contributed by atoms with van der Waals surface area (Å²) in [4.78, 5) is 0. The number of aryl methyl sites for hydroxylation is 1. The fraction of sp³-hybridized carbons (Fsp3) is 0.0690. The molecule has 0 spiro atoms. The number of aromatic nitrogens is 2. The number of rotatable bonds is 3. The van der Waals surface area contributed by atoms with Crippen molar-refractivity contribution in [3.63, 3.8) is 0 Å². The smallest absolute Gasteiger partial charge is 0.232 e. The molecule has 4 aromatic carbocycles. The first-order chi connectivity index (χ1) is 15.3. The maximum absolute atomic E-state index is 2.36. The highest BCUT2D eigenvalue weighted by Crippen LogP contribution is 2.37. The van der Waals surface area contributed by atoms with E-state index in [1.807, 2.05) is 0 Å². The van der Waals surface area contributed by atoms with E-state index in [1.165, 1.54) is 49.4 Å². The van der Waals surface area contributed by atoms with E-state index in [4.69, 9.17) is 0 Å². The third-order valence-corrected chi connectivity index (χ3v) is 6.18. The van der Waals surface area contributed by atoms with Gasteiger partial charge in [-0.15, -0.1) is 0 Å². The average molecular weight is 400 g/mol. The maximum atomic E-state index is 2.36. The van der Waals surface area contributed by atoms with Crippen molar-refractivity contribution in [1.82, 2.24) is 4.40 Å². The molecule has 6 rings (SSSR count). The van der Waals surface area contributed by atoms with Crippen LogP contribution in [0.4, 0.5) is 0 Å². The van der Waals surface area contributed by atoms with Crippen molar-refractivity contribution in [2.45, 2.75) is 13.5 Å². The highest BCUT2D eigenvalue weighted by molar-refractivity contribution is 6.06. The molecule has 0 bridgehead atoms. The number of pyridine rings is 1. The van der Waals surface area contributed by atoms with Crippen molar-refractivity contribution in [3.8, 4) is 11.3 Å². The Morgan fingerprint density at radius 2 is 1.42 bits per heavy atom. The molecular weight excluding hydrogens is 376 g/mol. The molecule has 2 nitrogen and oxygen atoms in total. The van der Waals surface area contributed by atoms with Crippen molar-refractivity contribution >= 4 is 27.1 Å². The van der Waals surface area contributed by atoms with E-state index in [-0.39, 0.29) is 0 Å². The zero-order valence-corrected chi connectivity index (χ0v) is 17.5. The number of benzene rings is 4. The summed E-state index contributed by atoms with van der Waals surface area (Å²) in [6, 6.07) is 34.8. The van der Waals surface area contributed by atoms with Crippen LogP contribution in [-0.4, -0.2) is 4.40 Å². The van der Waals surface area contributed by atoms with Gasteiger partial charge in [-0.2, -0.15) is 4.40 Å². The predicted octanol–water partition coefficient (Wildman–Crippen LogP) is 6.56. The van der Waals surface area contributed by atoms with E-state index in [0.717, 1.165) is 6.54 Å². The van der Waals surface area contributed by atoms with Gasteiger partial charge in [0.2, 0.25) is 6.33 Å². The Bertz CT molecular complexity index is 1560. The molecule has 0 aliphatic rings. The number of nitrogens with zero attached hydrogens (tertiary/aromatic N) is 2. The van der Waals surface area contributed by atoms with Crippen LogP contribution in [0, 0.1) is 6.92 Å². The lowest BCUT2D eigenvalue weighted by atomic mass is 9.94. The molecule has 0 aliphatic heterocycles. The molecule has 6 aromatic rings. The Kier molecular flexibility index (Phi) is 4.10. The minimum absolute atomic E-state index is 0.854. The zero-order valence-electron chi connectivity index (χ0n) is 17.5. The van der Waals surface area contributed by atoms with Gasteiger partial charge in [0.05, 0.1) is 0 Å². The molecule has 2 heterocycles. The first-order valence-electron chi connectivity index (χ1n) is 10.7. The van der Waals surface area contributed by atoms with E-state index < -0.39 is 0 Å². The summed E-state index contributed by atoms with van der Waals surface area (Å²) >= 11 is 0. The minimum Gasteiger partial charge on any atom is -0.232 e. The fourth-order valence-electron chi connectivity index (χ4n) is 4.73. The molecule has 0 saturated heterocycles. The number of fused-ring (bicyclic) bond motifs is 3. The summed E-state index contributed by atoms with van der Waals surface area (Å²) in [5.41, 5.74) is 6.36. The van der Waals surface area contributed by atoms with Crippen LogP contribution in [0.2, 0.25) is 0 Å². The molecule has 2 aromatic heterocycles. The van der Waals surface area contributed by atoms with Gasteiger partial charge in [0.25, 0.3) is 0 Å². The van der Waals surface area contributed by atoms with E-state index in [1.54, 1.807) is 0 Å². The van der Waals surface area contributed by atoms with Crippen LogP contribution in [0.3, 0.4) is 0 Å². The molecule has 2 heteroatoms. The van der Waals surface area contributed by atoms with Crippen LogP contribution in [0.25, 0.3) is 38.3 Å². The monoisotopic (exact) mass is 399 g/mol. The van der Waals surface area contributed by atoms with E-state index in [0.29, 0.717) is 0 Å². The van der Waals surface area contributed by atoms with Gasteiger partial charge in [-0.25, -0.2) is 4.57 Å². The molecule has 0 amide bonds. The Morgan fingerprint density at radius 1 is 0.710 bits per heavy atom. The van der Waals surface area contributed by atoms with Gasteiger partial charge in [-0.1, -0.05) is 91.0 Å². The summed E-state index contributed by atoms with van der Waals surface area (Å²) in [6.07, 6.45) is 4.49. The fourth-order valence-corrected chi connectivity index (χ4v) is 4.73. The van der Waals surface area contributed by atoms with Crippen molar-refractivity contribution in [1.29, 1.82) is 0 Å². The largest absolute Gasteiger partial charge is 0.249 e. The molecule has 31 heavy (non-hydrogen) atoms. The van der Waals surface area contributed by atoms with Gasteiger partial charge in [0.15, 0.2) is 5.52 Å². The van der Waals surface area contributed by atoms with Gasteiger partial charge in [-0.3, -0.25) is 0 Å². The molecular formula is C29H23N2+. The Hall–Kier alpha value is -3.91. The van der Waals surface area contributed by atoms with Crippen molar-refractivity contribution in [2.24, 2.45) is 0 Å². The van der Waals surface area contributed by atoms with Gasteiger partial charge >= 0.3 is 0 Å². The lowest BCUT2D eigenvalue weighted by molar-refractivity contribution is -0.686.